The summed E-state index contributed by atoms with van der Waals surface area (Å²) >= 11 is 0. The predicted molar refractivity (Wildman–Crippen MR) is 111 cm³/mol. The van der Waals surface area contributed by atoms with Gasteiger partial charge < -0.3 is 14.2 Å². The summed E-state index contributed by atoms with van der Waals surface area (Å²) in [5, 5.41) is 1.00. The number of pyridine rings is 1. The maximum Gasteiger partial charge on any atom is 0.340 e. The summed E-state index contributed by atoms with van der Waals surface area (Å²) in [5.74, 6) is -0.440. The number of ether oxygens (including phenoxy) is 3. The van der Waals surface area contributed by atoms with Crippen molar-refractivity contribution in [3.05, 3.63) is 65.0 Å². The average molecular weight is 420 g/mol. The summed E-state index contributed by atoms with van der Waals surface area (Å²) in [6.07, 6.45) is 1.38. The molecule has 4 rings (SSSR count). The van der Waals surface area contributed by atoms with Crippen molar-refractivity contribution in [3.63, 3.8) is 0 Å². The lowest BCUT2D eigenvalue weighted by molar-refractivity contribution is 0.0526. The first-order chi connectivity index (χ1) is 15.0. The zero-order valence-electron chi connectivity index (χ0n) is 17.3. The van der Waals surface area contributed by atoms with Crippen LogP contribution in [0.1, 0.15) is 43.7 Å². The van der Waals surface area contributed by atoms with Crippen LogP contribution in [0, 0.1) is 0 Å². The van der Waals surface area contributed by atoms with Crippen molar-refractivity contribution in [3.8, 4) is 11.5 Å². The third-order valence-electron chi connectivity index (χ3n) is 5.14. The van der Waals surface area contributed by atoms with E-state index in [0.29, 0.717) is 39.1 Å². The molecule has 0 unspecified atom stereocenters. The van der Waals surface area contributed by atoms with Crippen LogP contribution in [0.3, 0.4) is 0 Å². The average Bonchev–Trinajstić information content (AvgIpc) is 3.03. The van der Waals surface area contributed by atoms with Gasteiger partial charge in [-0.3, -0.25) is 19.5 Å². The topological polar surface area (TPSA) is 95.0 Å². The molecule has 8 nitrogen and oxygen atoms in total. The van der Waals surface area contributed by atoms with E-state index in [0.717, 1.165) is 4.90 Å². The molecule has 3 aromatic rings. The molecule has 0 radical (unpaired) electrons. The number of hydrogen-bond acceptors (Lipinski definition) is 7. The van der Waals surface area contributed by atoms with Crippen LogP contribution >= 0.6 is 0 Å². The molecular weight excluding hydrogens is 400 g/mol. The van der Waals surface area contributed by atoms with E-state index in [9.17, 15) is 14.4 Å². The minimum atomic E-state index is -0.539. The monoisotopic (exact) mass is 420 g/mol. The SMILES string of the molecule is CCOC(=O)c1cnc(CN2C(=O)c3ccccc3C2=O)c2c(OC)cc(OC)cc12. The minimum absolute atomic E-state index is 0.0748. The number of aromatic nitrogens is 1. The second kappa shape index (κ2) is 8.06. The second-order valence-corrected chi connectivity index (χ2v) is 6.83. The molecule has 0 saturated heterocycles. The lowest BCUT2D eigenvalue weighted by atomic mass is 10.0. The van der Waals surface area contributed by atoms with E-state index >= 15 is 0 Å². The van der Waals surface area contributed by atoms with Crippen LogP contribution in [0.15, 0.2) is 42.6 Å². The molecule has 1 aromatic heterocycles. The number of esters is 1. The highest BCUT2D eigenvalue weighted by Gasteiger charge is 2.36. The fourth-order valence-electron chi connectivity index (χ4n) is 3.68. The Morgan fingerprint density at radius 3 is 2.29 bits per heavy atom. The Morgan fingerprint density at radius 2 is 1.71 bits per heavy atom. The molecule has 0 aliphatic carbocycles. The van der Waals surface area contributed by atoms with Crippen LogP contribution in [-0.4, -0.2) is 48.5 Å². The first kappa shape index (κ1) is 20.3. The number of rotatable bonds is 6. The number of methoxy groups -OCH3 is 2. The van der Waals surface area contributed by atoms with E-state index in [-0.39, 0.29) is 18.7 Å². The van der Waals surface area contributed by atoms with E-state index < -0.39 is 17.8 Å². The van der Waals surface area contributed by atoms with E-state index in [2.05, 4.69) is 4.98 Å². The van der Waals surface area contributed by atoms with Gasteiger partial charge in [0.1, 0.15) is 11.5 Å². The van der Waals surface area contributed by atoms with E-state index in [1.165, 1.54) is 20.4 Å². The molecule has 2 heterocycles. The number of carbonyl (C=O) groups is 3. The van der Waals surface area contributed by atoms with E-state index in [1.807, 2.05) is 0 Å². The third-order valence-corrected chi connectivity index (χ3v) is 5.14. The molecule has 158 valence electrons. The Hall–Kier alpha value is -3.94. The van der Waals surface area contributed by atoms with Crippen LogP contribution in [0.2, 0.25) is 0 Å². The van der Waals surface area contributed by atoms with Gasteiger partial charge in [-0.25, -0.2) is 4.79 Å². The quantitative estimate of drug-likeness (QED) is 0.446. The zero-order valence-corrected chi connectivity index (χ0v) is 17.3. The largest absolute Gasteiger partial charge is 0.497 e. The van der Waals surface area contributed by atoms with Gasteiger partial charge in [-0.2, -0.15) is 0 Å². The second-order valence-electron chi connectivity index (χ2n) is 6.83. The number of benzene rings is 2. The van der Waals surface area contributed by atoms with Crippen molar-refractivity contribution in [2.75, 3.05) is 20.8 Å². The first-order valence-corrected chi connectivity index (χ1v) is 9.66. The Kier molecular flexibility index (Phi) is 5.29. The molecule has 2 aromatic carbocycles. The summed E-state index contributed by atoms with van der Waals surface area (Å²) in [6, 6.07) is 10.0. The minimum Gasteiger partial charge on any atom is -0.497 e. The summed E-state index contributed by atoms with van der Waals surface area (Å²) in [4.78, 5) is 43.7. The van der Waals surface area contributed by atoms with Crippen LogP contribution in [-0.2, 0) is 11.3 Å². The normalized spacial score (nSPS) is 12.8. The van der Waals surface area contributed by atoms with Crippen LogP contribution in [0.5, 0.6) is 11.5 Å². The van der Waals surface area contributed by atoms with Crippen molar-refractivity contribution in [2.24, 2.45) is 0 Å². The Morgan fingerprint density at radius 1 is 1.03 bits per heavy atom. The first-order valence-electron chi connectivity index (χ1n) is 9.66. The van der Waals surface area contributed by atoms with Gasteiger partial charge in [0.25, 0.3) is 11.8 Å². The molecule has 1 aliphatic rings. The molecule has 31 heavy (non-hydrogen) atoms. The highest BCUT2D eigenvalue weighted by Crippen LogP contribution is 2.36. The number of amides is 2. The Balaban J connectivity index is 1.86. The molecule has 0 atom stereocenters. The Bertz CT molecular complexity index is 1190. The van der Waals surface area contributed by atoms with Gasteiger partial charge >= 0.3 is 5.97 Å². The lowest BCUT2D eigenvalue weighted by Crippen LogP contribution is -2.29. The fraction of sp³-hybridized carbons (Fsp3) is 0.217. The molecule has 0 fully saturated rings. The van der Waals surface area contributed by atoms with Gasteiger partial charge in [-0.15, -0.1) is 0 Å². The highest BCUT2D eigenvalue weighted by atomic mass is 16.5. The molecule has 8 heteroatoms. The maximum absolute atomic E-state index is 12.8. The maximum atomic E-state index is 12.8. The highest BCUT2D eigenvalue weighted by molar-refractivity contribution is 6.21. The number of fused-ring (bicyclic) bond motifs is 2. The van der Waals surface area contributed by atoms with Gasteiger partial charge in [0.05, 0.1) is 49.8 Å². The summed E-state index contributed by atoms with van der Waals surface area (Å²) < 4.78 is 16.0. The third kappa shape index (κ3) is 3.35. The van der Waals surface area contributed by atoms with Crippen LogP contribution in [0.4, 0.5) is 0 Å². The summed E-state index contributed by atoms with van der Waals surface area (Å²) in [7, 11) is 2.99. The summed E-state index contributed by atoms with van der Waals surface area (Å²) in [6.45, 7) is 1.85. The smallest absolute Gasteiger partial charge is 0.340 e. The van der Waals surface area contributed by atoms with Crippen LogP contribution in [0.25, 0.3) is 10.8 Å². The standard InChI is InChI=1S/C23H20N2O6/c1-4-31-23(28)17-11-24-18(20-16(17)9-13(29-2)10-19(20)30-3)12-25-21(26)14-7-5-6-8-15(14)22(25)27/h5-11H,4,12H2,1-3H3. The molecular formula is C23H20N2O6. The number of hydrogen-bond donors (Lipinski definition) is 0. The molecule has 0 bridgehead atoms. The van der Waals surface area contributed by atoms with Gasteiger partial charge in [-0.05, 0) is 25.1 Å². The van der Waals surface area contributed by atoms with E-state index in [4.69, 9.17) is 14.2 Å². The molecule has 0 saturated carbocycles. The molecule has 2 amide bonds. The van der Waals surface area contributed by atoms with Crippen molar-refractivity contribution in [2.45, 2.75) is 13.5 Å². The van der Waals surface area contributed by atoms with Crippen molar-refractivity contribution >= 4 is 28.6 Å². The van der Waals surface area contributed by atoms with Crippen molar-refractivity contribution in [1.82, 2.24) is 9.88 Å². The Labute approximate surface area is 178 Å². The fourth-order valence-corrected chi connectivity index (χ4v) is 3.68. The molecule has 0 N–H and O–H groups in total. The van der Waals surface area contributed by atoms with Crippen molar-refractivity contribution < 1.29 is 28.6 Å². The van der Waals surface area contributed by atoms with Gasteiger partial charge in [0, 0.05) is 23.0 Å². The van der Waals surface area contributed by atoms with Crippen LogP contribution < -0.4 is 9.47 Å². The van der Waals surface area contributed by atoms with Gasteiger partial charge in [0.2, 0.25) is 0 Å². The van der Waals surface area contributed by atoms with Crippen molar-refractivity contribution in [1.29, 1.82) is 0 Å². The number of carbonyl (C=O) groups excluding carboxylic acids is 3. The van der Waals surface area contributed by atoms with E-state index in [1.54, 1.807) is 43.3 Å². The number of nitrogens with zero attached hydrogens (tertiary/aromatic N) is 2. The predicted octanol–water partition coefficient (Wildman–Crippen LogP) is 3.22. The molecule has 1 aliphatic heterocycles. The zero-order chi connectivity index (χ0) is 22.1. The van der Waals surface area contributed by atoms with Gasteiger partial charge in [-0.1, -0.05) is 12.1 Å². The molecule has 0 spiro atoms. The summed E-state index contributed by atoms with van der Waals surface area (Å²) in [5.41, 5.74) is 1.36. The number of imide groups is 1. The lowest BCUT2D eigenvalue weighted by Gasteiger charge is -2.18. The van der Waals surface area contributed by atoms with Gasteiger partial charge in [0.15, 0.2) is 0 Å².